The van der Waals surface area contributed by atoms with Crippen molar-refractivity contribution in [1.29, 1.82) is 0 Å². The Hall–Kier alpha value is -4.27. The number of aliphatic carboxylic acids is 1. The second-order valence-corrected chi connectivity index (χ2v) is 11.2. The maximum absolute atomic E-state index is 12.8. The maximum atomic E-state index is 12.8. The average molecular weight is 545 g/mol. The Balaban J connectivity index is 1.26. The van der Waals surface area contributed by atoms with E-state index >= 15 is 0 Å². The maximum Gasteiger partial charge on any atom is 0.412 e. The van der Waals surface area contributed by atoms with Crippen LogP contribution in [0.1, 0.15) is 52.8 Å². The third-order valence-electron chi connectivity index (χ3n) is 6.43. The zero-order valence-corrected chi connectivity index (χ0v) is 21.9. The molecule has 38 heavy (non-hydrogen) atoms. The summed E-state index contributed by atoms with van der Waals surface area (Å²) >= 11 is 2.68. The molecule has 0 radical (unpaired) electrons. The van der Waals surface area contributed by atoms with Gasteiger partial charge in [0.15, 0.2) is 10.7 Å². The number of carboxylic acids is 1. The number of rotatable bonds is 5. The lowest BCUT2D eigenvalue weighted by atomic mass is 10.1. The van der Waals surface area contributed by atoms with Crippen LogP contribution in [0, 0.1) is 18.8 Å². The normalized spacial score (nSPS) is 14.6. The van der Waals surface area contributed by atoms with Gasteiger partial charge in [0.1, 0.15) is 26.2 Å². The number of carbonyl (C=O) groups is 2. The standard InChI is InChI=1S/C27H20N4O5S2/c1-14-6-3-4-7-16(14)15(2)35-26(34)30-20-17-8-5-13-28-22(17)36-18(20)9-10-19-29-21-23(37-19)38-24(31-21)27(11-12-27)25(32)33/h3-8,13,15H,11-12H2,1-2H3,(H,30,34)(H,32,33). The van der Waals surface area contributed by atoms with E-state index in [9.17, 15) is 14.7 Å². The number of nitrogens with one attached hydrogen (secondary N) is 1. The number of ether oxygens (including phenoxy) is 1. The van der Waals surface area contributed by atoms with Crippen LogP contribution < -0.4 is 5.32 Å². The Morgan fingerprint density at radius 1 is 1.16 bits per heavy atom. The van der Waals surface area contributed by atoms with Crippen molar-refractivity contribution in [3.63, 3.8) is 0 Å². The smallest absolute Gasteiger partial charge is 0.412 e. The number of nitrogens with zero attached hydrogens (tertiary/aromatic N) is 3. The van der Waals surface area contributed by atoms with Gasteiger partial charge in [0.05, 0.1) is 5.39 Å². The molecular weight excluding hydrogens is 524 g/mol. The molecule has 1 amide bonds. The number of aromatic nitrogens is 3. The molecule has 0 bridgehead atoms. The lowest BCUT2D eigenvalue weighted by molar-refractivity contribution is -0.140. The van der Waals surface area contributed by atoms with Crippen LogP contribution in [0.5, 0.6) is 0 Å². The number of pyridine rings is 1. The molecule has 9 nitrogen and oxygen atoms in total. The van der Waals surface area contributed by atoms with Gasteiger partial charge in [-0.3, -0.25) is 10.1 Å². The molecule has 4 heterocycles. The van der Waals surface area contributed by atoms with E-state index in [1.165, 1.54) is 22.7 Å². The minimum Gasteiger partial charge on any atom is -0.481 e. The van der Waals surface area contributed by atoms with Crippen LogP contribution in [-0.2, 0) is 14.9 Å². The molecule has 1 aromatic carbocycles. The largest absolute Gasteiger partial charge is 0.481 e. The van der Waals surface area contributed by atoms with Gasteiger partial charge in [0.2, 0.25) is 11.5 Å². The van der Waals surface area contributed by atoms with E-state index in [2.05, 4.69) is 32.1 Å². The number of benzene rings is 1. The van der Waals surface area contributed by atoms with E-state index < -0.39 is 23.6 Å². The third-order valence-corrected chi connectivity index (χ3v) is 8.73. The van der Waals surface area contributed by atoms with E-state index in [1.807, 2.05) is 38.1 Å². The molecule has 1 aliphatic rings. The summed E-state index contributed by atoms with van der Waals surface area (Å²) < 4.78 is 12.3. The molecule has 0 aliphatic heterocycles. The van der Waals surface area contributed by atoms with Crippen molar-refractivity contribution >= 4 is 61.2 Å². The molecule has 6 rings (SSSR count). The summed E-state index contributed by atoms with van der Waals surface area (Å²) in [5.74, 6) is 5.30. The van der Waals surface area contributed by atoms with Gasteiger partial charge in [-0.2, -0.15) is 0 Å². The van der Waals surface area contributed by atoms with Crippen LogP contribution in [0.3, 0.4) is 0 Å². The van der Waals surface area contributed by atoms with Crippen LogP contribution in [-0.4, -0.2) is 32.1 Å². The predicted molar refractivity (Wildman–Crippen MR) is 144 cm³/mol. The van der Waals surface area contributed by atoms with E-state index in [1.54, 1.807) is 18.3 Å². The minimum absolute atomic E-state index is 0.217. The number of carboxylic acid groups (broad SMARTS) is 1. The summed E-state index contributed by atoms with van der Waals surface area (Å²) in [6, 6.07) is 11.2. The van der Waals surface area contributed by atoms with E-state index in [0.717, 1.165) is 15.1 Å². The molecule has 0 saturated heterocycles. The summed E-state index contributed by atoms with van der Waals surface area (Å²) in [5.41, 5.74) is 2.26. The number of hydrogen-bond acceptors (Lipinski definition) is 9. The molecule has 0 spiro atoms. The fraction of sp³-hybridized carbons (Fsp3) is 0.222. The van der Waals surface area contributed by atoms with Gasteiger partial charge >= 0.3 is 12.1 Å². The molecule has 4 aromatic heterocycles. The number of anilines is 1. The Morgan fingerprint density at radius 3 is 2.71 bits per heavy atom. The van der Waals surface area contributed by atoms with Crippen molar-refractivity contribution < 1.29 is 23.8 Å². The van der Waals surface area contributed by atoms with E-state index in [-0.39, 0.29) is 5.76 Å². The molecule has 2 N–H and O–H groups in total. The molecule has 5 aromatic rings. The van der Waals surface area contributed by atoms with Gasteiger partial charge in [-0.25, -0.2) is 19.7 Å². The molecule has 1 aliphatic carbocycles. The van der Waals surface area contributed by atoms with Crippen LogP contribution in [0.2, 0.25) is 0 Å². The van der Waals surface area contributed by atoms with Gasteiger partial charge in [0.25, 0.3) is 0 Å². The Labute approximate surface area is 224 Å². The second-order valence-electron chi connectivity index (χ2n) is 8.98. The Bertz CT molecular complexity index is 1760. The molecule has 1 saturated carbocycles. The topological polar surface area (TPSA) is 127 Å². The summed E-state index contributed by atoms with van der Waals surface area (Å²) in [6.07, 6.45) is 1.68. The van der Waals surface area contributed by atoms with Crippen LogP contribution in [0.15, 0.2) is 47.0 Å². The third kappa shape index (κ3) is 4.27. The molecule has 11 heteroatoms. The first-order valence-electron chi connectivity index (χ1n) is 11.8. The first-order chi connectivity index (χ1) is 18.3. The highest BCUT2D eigenvalue weighted by Gasteiger charge is 2.54. The lowest BCUT2D eigenvalue weighted by Crippen LogP contribution is -2.18. The molecule has 1 atom stereocenters. The lowest BCUT2D eigenvalue weighted by Gasteiger charge is -2.16. The molecular formula is C27H20N4O5S2. The van der Waals surface area contributed by atoms with Crippen LogP contribution in [0.25, 0.3) is 20.8 Å². The van der Waals surface area contributed by atoms with Crippen molar-refractivity contribution in [1.82, 2.24) is 15.0 Å². The summed E-state index contributed by atoms with van der Waals surface area (Å²) in [4.78, 5) is 37.6. The predicted octanol–water partition coefficient (Wildman–Crippen LogP) is 6.03. The number of carbonyl (C=O) groups excluding carboxylic acids is 1. The number of amides is 1. The highest BCUT2D eigenvalue weighted by Crippen LogP contribution is 2.51. The zero-order chi connectivity index (χ0) is 26.4. The summed E-state index contributed by atoms with van der Waals surface area (Å²) in [6.45, 7) is 3.78. The van der Waals surface area contributed by atoms with Crippen molar-refractivity contribution in [2.24, 2.45) is 0 Å². The highest BCUT2D eigenvalue weighted by atomic mass is 32.2. The van der Waals surface area contributed by atoms with Crippen molar-refractivity contribution in [2.45, 2.75) is 38.2 Å². The SMILES string of the molecule is Cc1ccccc1C(C)OC(=O)Nc1c(C#Cc2nc3nc(C4(C(=O)O)CC4)sc3s2)oc2ncccc12. The van der Waals surface area contributed by atoms with Gasteiger partial charge < -0.3 is 14.3 Å². The van der Waals surface area contributed by atoms with Crippen LogP contribution in [0.4, 0.5) is 10.5 Å². The second kappa shape index (κ2) is 9.24. The fourth-order valence-electron chi connectivity index (χ4n) is 4.20. The summed E-state index contributed by atoms with van der Waals surface area (Å²) in [7, 11) is 0. The number of aryl methyl sites for hydroxylation is 1. The summed E-state index contributed by atoms with van der Waals surface area (Å²) in [5, 5.41) is 14.0. The Kier molecular flexibility index (Phi) is 5.86. The minimum atomic E-state index is -0.857. The monoisotopic (exact) mass is 544 g/mol. The van der Waals surface area contributed by atoms with Gasteiger partial charge in [0, 0.05) is 6.20 Å². The highest BCUT2D eigenvalue weighted by molar-refractivity contribution is 7.38. The number of thiazole rings is 2. The quantitative estimate of drug-likeness (QED) is 0.257. The van der Waals surface area contributed by atoms with Crippen molar-refractivity contribution in [3.05, 3.63) is 69.5 Å². The molecule has 190 valence electrons. The van der Waals surface area contributed by atoms with Crippen molar-refractivity contribution in [3.8, 4) is 11.8 Å². The molecule has 1 fully saturated rings. The number of furan rings is 1. The zero-order valence-electron chi connectivity index (χ0n) is 20.3. The van der Waals surface area contributed by atoms with E-state index in [4.69, 9.17) is 9.15 Å². The molecule has 1 unspecified atom stereocenters. The average Bonchev–Trinajstić information content (AvgIpc) is 3.32. The van der Waals surface area contributed by atoms with Gasteiger partial charge in [-0.15, -0.1) is 11.3 Å². The van der Waals surface area contributed by atoms with Crippen LogP contribution >= 0.6 is 22.7 Å². The fourth-order valence-corrected chi connectivity index (χ4v) is 6.41. The van der Waals surface area contributed by atoms with Gasteiger partial charge in [-0.1, -0.05) is 35.6 Å². The first kappa shape index (κ1) is 24.1. The van der Waals surface area contributed by atoms with E-state index in [0.29, 0.717) is 45.3 Å². The number of fused-ring (bicyclic) bond motifs is 2. The first-order valence-corrected chi connectivity index (χ1v) is 13.4. The Morgan fingerprint density at radius 2 is 1.97 bits per heavy atom. The van der Waals surface area contributed by atoms with Crippen molar-refractivity contribution in [2.75, 3.05) is 5.32 Å². The van der Waals surface area contributed by atoms with Gasteiger partial charge in [-0.05, 0) is 61.8 Å². The number of hydrogen-bond donors (Lipinski definition) is 2.